The van der Waals surface area contributed by atoms with Crippen molar-refractivity contribution in [2.24, 2.45) is 5.92 Å². The molecule has 0 spiro atoms. The van der Waals surface area contributed by atoms with Crippen LogP contribution >= 0.6 is 0 Å². The first-order chi connectivity index (χ1) is 8.15. The van der Waals surface area contributed by atoms with Crippen LogP contribution in [0.25, 0.3) is 0 Å². The predicted octanol–water partition coefficient (Wildman–Crippen LogP) is 3.63. The molecule has 0 aliphatic carbocycles. The number of hydrogen-bond acceptors (Lipinski definition) is 1. The molecule has 0 saturated carbocycles. The van der Waals surface area contributed by atoms with Gasteiger partial charge in [0.05, 0.1) is 0 Å². The number of benzene rings is 1. The van der Waals surface area contributed by atoms with Gasteiger partial charge in [0.2, 0.25) is 0 Å². The highest BCUT2D eigenvalue weighted by molar-refractivity contribution is 5.94. The van der Waals surface area contributed by atoms with Crippen LogP contribution < -0.4 is 5.32 Å². The number of hydrogen-bond donors (Lipinski definition) is 1. The average Bonchev–Trinajstić information content (AvgIpc) is 2.36. The SMILES string of the molecule is CCCCC(C)C(C)NC(=O)c1ccccc1. The van der Waals surface area contributed by atoms with E-state index in [0.717, 1.165) is 5.56 Å². The molecule has 0 aromatic heterocycles. The van der Waals surface area contributed by atoms with E-state index in [-0.39, 0.29) is 11.9 Å². The third-order valence-corrected chi connectivity index (χ3v) is 3.26. The van der Waals surface area contributed by atoms with E-state index in [1.165, 1.54) is 19.3 Å². The lowest BCUT2D eigenvalue weighted by Crippen LogP contribution is -2.37. The summed E-state index contributed by atoms with van der Waals surface area (Å²) in [5, 5.41) is 3.07. The van der Waals surface area contributed by atoms with E-state index in [2.05, 4.69) is 26.1 Å². The zero-order chi connectivity index (χ0) is 12.7. The molecule has 1 N–H and O–H groups in total. The third-order valence-electron chi connectivity index (χ3n) is 3.26. The highest BCUT2D eigenvalue weighted by Crippen LogP contribution is 2.12. The van der Waals surface area contributed by atoms with Crippen LogP contribution in [0.2, 0.25) is 0 Å². The zero-order valence-corrected chi connectivity index (χ0v) is 11.1. The number of rotatable bonds is 6. The second-order valence-corrected chi connectivity index (χ2v) is 4.75. The monoisotopic (exact) mass is 233 g/mol. The van der Waals surface area contributed by atoms with Crippen molar-refractivity contribution in [3.63, 3.8) is 0 Å². The highest BCUT2D eigenvalue weighted by Gasteiger charge is 2.14. The summed E-state index contributed by atoms with van der Waals surface area (Å²) in [5.41, 5.74) is 0.738. The van der Waals surface area contributed by atoms with Crippen LogP contribution in [0.5, 0.6) is 0 Å². The van der Waals surface area contributed by atoms with Crippen LogP contribution in [0, 0.1) is 5.92 Å². The Morgan fingerprint density at radius 1 is 1.24 bits per heavy atom. The van der Waals surface area contributed by atoms with Crippen LogP contribution in [0.4, 0.5) is 0 Å². The van der Waals surface area contributed by atoms with Gasteiger partial charge in [-0.15, -0.1) is 0 Å². The molecule has 2 unspecified atom stereocenters. The quantitative estimate of drug-likeness (QED) is 0.798. The Labute approximate surface area is 104 Å². The Bertz CT molecular complexity index is 334. The van der Waals surface area contributed by atoms with Crippen LogP contribution in [0.3, 0.4) is 0 Å². The Morgan fingerprint density at radius 2 is 1.88 bits per heavy atom. The fourth-order valence-electron chi connectivity index (χ4n) is 1.80. The maximum absolute atomic E-state index is 11.9. The second-order valence-electron chi connectivity index (χ2n) is 4.75. The van der Waals surface area contributed by atoms with Crippen LogP contribution in [-0.2, 0) is 0 Å². The smallest absolute Gasteiger partial charge is 0.251 e. The molecule has 0 aliphatic heterocycles. The summed E-state index contributed by atoms with van der Waals surface area (Å²) >= 11 is 0. The Kier molecular flexibility index (Phi) is 5.75. The van der Waals surface area contributed by atoms with Crippen molar-refractivity contribution in [2.75, 3.05) is 0 Å². The van der Waals surface area contributed by atoms with Crippen molar-refractivity contribution in [2.45, 2.75) is 46.1 Å². The lowest BCUT2D eigenvalue weighted by molar-refractivity contribution is 0.0927. The standard InChI is InChI=1S/C15H23NO/c1-4-5-9-12(2)13(3)16-15(17)14-10-7-6-8-11-14/h6-8,10-13H,4-5,9H2,1-3H3,(H,16,17). The van der Waals surface area contributed by atoms with Gasteiger partial charge >= 0.3 is 0 Å². The highest BCUT2D eigenvalue weighted by atomic mass is 16.1. The molecule has 2 nitrogen and oxygen atoms in total. The molecular weight excluding hydrogens is 210 g/mol. The van der Waals surface area contributed by atoms with Gasteiger partial charge in [-0.2, -0.15) is 0 Å². The van der Waals surface area contributed by atoms with E-state index in [0.29, 0.717) is 5.92 Å². The Hall–Kier alpha value is -1.31. The summed E-state index contributed by atoms with van der Waals surface area (Å²) < 4.78 is 0. The molecule has 0 bridgehead atoms. The minimum Gasteiger partial charge on any atom is -0.349 e. The number of carbonyl (C=O) groups is 1. The first kappa shape index (κ1) is 13.8. The number of amides is 1. The van der Waals surface area contributed by atoms with Crippen molar-refractivity contribution in [1.82, 2.24) is 5.32 Å². The van der Waals surface area contributed by atoms with Gasteiger partial charge in [0, 0.05) is 11.6 Å². The van der Waals surface area contributed by atoms with Crippen molar-refractivity contribution in [3.05, 3.63) is 35.9 Å². The van der Waals surface area contributed by atoms with Gasteiger partial charge in [0.25, 0.3) is 5.91 Å². The summed E-state index contributed by atoms with van der Waals surface area (Å²) in [6.45, 7) is 6.48. The van der Waals surface area contributed by atoms with Gasteiger partial charge < -0.3 is 5.32 Å². The van der Waals surface area contributed by atoms with Crippen molar-refractivity contribution < 1.29 is 4.79 Å². The summed E-state index contributed by atoms with van der Waals surface area (Å²) in [7, 11) is 0. The van der Waals surface area contributed by atoms with Crippen LogP contribution in [0.15, 0.2) is 30.3 Å². The summed E-state index contributed by atoms with van der Waals surface area (Å²) in [4.78, 5) is 11.9. The van der Waals surface area contributed by atoms with Crippen molar-refractivity contribution >= 4 is 5.91 Å². The molecule has 0 heterocycles. The maximum Gasteiger partial charge on any atom is 0.251 e. The third kappa shape index (κ3) is 4.59. The molecule has 2 heteroatoms. The van der Waals surface area contributed by atoms with E-state index in [9.17, 15) is 4.79 Å². The molecule has 1 aromatic carbocycles. The molecule has 0 saturated heterocycles. The summed E-state index contributed by atoms with van der Waals surface area (Å²) in [5.74, 6) is 0.559. The van der Waals surface area contributed by atoms with E-state index in [1.807, 2.05) is 30.3 Å². The maximum atomic E-state index is 11.9. The molecule has 0 radical (unpaired) electrons. The average molecular weight is 233 g/mol. The van der Waals surface area contributed by atoms with Crippen LogP contribution in [0.1, 0.15) is 50.4 Å². The van der Waals surface area contributed by atoms with Gasteiger partial charge in [-0.25, -0.2) is 0 Å². The molecule has 1 rings (SSSR count). The fraction of sp³-hybridized carbons (Fsp3) is 0.533. The molecule has 0 fully saturated rings. The van der Waals surface area contributed by atoms with Gasteiger partial charge in [-0.1, -0.05) is 44.9 Å². The normalized spacial score (nSPS) is 14.1. The van der Waals surface area contributed by atoms with Gasteiger partial charge in [0.1, 0.15) is 0 Å². The van der Waals surface area contributed by atoms with Gasteiger partial charge in [-0.3, -0.25) is 4.79 Å². The second kappa shape index (κ2) is 7.10. The molecule has 0 aliphatic rings. The molecular formula is C15H23NO. The van der Waals surface area contributed by atoms with E-state index >= 15 is 0 Å². The van der Waals surface area contributed by atoms with E-state index in [4.69, 9.17) is 0 Å². The summed E-state index contributed by atoms with van der Waals surface area (Å²) in [6, 6.07) is 9.62. The first-order valence-electron chi connectivity index (χ1n) is 6.51. The minimum absolute atomic E-state index is 0.0291. The minimum atomic E-state index is 0.0291. The molecule has 2 atom stereocenters. The van der Waals surface area contributed by atoms with Crippen molar-refractivity contribution in [1.29, 1.82) is 0 Å². The number of nitrogens with one attached hydrogen (secondary N) is 1. The summed E-state index contributed by atoms with van der Waals surface area (Å²) in [6.07, 6.45) is 3.61. The Morgan fingerprint density at radius 3 is 2.47 bits per heavy atom. The largest absolute Gasteiger partial charge is 0.349 e. The lowest BCUT2D eigenvalue weighted by Gasteiger charge is -2.21. The van der Waals surface area contributed by atoms with Crippen LogP contribution in [-0.4, -0.2) is 11.9 Å². The molecule has 1 aromatic rings. The first-order valence-corrected chi connectivity index (χ1v) is 6.51. The predicted molar refractivity (Wildman–Crippen MR) is 72.1 cm³/mol. The topological polar surface area (TPSA) is 29.1 Å². The van der Waals surface area contributed by atoms with Gasteiger partial charge in [-0.05, 0) is 31.4 Å². The molecule has 94 valence electrons. The fourth-order valence-corrected chi connectivity index (χ4v) is 1.80. The van der Waals surface area contributed by atoms with Gasteiger partial charge in [0.15, 0.2) is 0 Å². The zero-order valence-electron chi connectivity index (χ0n) is 11.1. The Balaban J connectivity index is 2.46. The number of carbonyl (C=O) groups excluding carboxylic acids is 1. The van der Waals surface area contributed by atoms with E-state index in [1.54, 1.807) is 0 Å². The molecule has 1 amide bonds. The van der Waals surface area contributed by atoms with Crippen molar-refractivity contribution in [3.8, 4) is 0 Å². The molecule has 17 heavy (non-hydrogen) atoms. The lowest BCUT2D eigenvalue weighted by atomic mass is 9.97. The number of unbranched alkanes of at least 4 members (excludes halogenated alkanes) is 1. The van der Waals surface area contributed by atoms with E-state index < -0.39 is 0 Å².